The Hall–Kier alpha value is -2.24. The summed E-state index contributed by atoms with van der Waals surface area (Å²) in [6.45, 7) is 3.50. The Balaban J connectivity index is 1.38. The number of hydrazine groups is 1. The number of nitrogens with one attached hydrogen (secondary N) is 2. The van der Waals surface area contributed by atoms with E-state index in [1.807, 2.05) is 6.07 Å². The van der Waals surface area contributed by atoms with Gasteiger partial charge in [0.05, 0.1) is 10.8 Å². The number of carbonyl (C=O) groups is 2. The van der Waals surface area contributed by atoms with E-state index in [1.54, 1.807) is 13.8 Å². The number of thiophene rings is 1. The number of rotatable bonds is 4. The first-order valence-electron chi connectivity index (χ1n) is 9.92. The minimum atomic E-state index is -3.81. The van der Waals surface area contributed by atoms with Crippen molar-refractivity contribution < 1.29 is 22.5 Å². The number of amides is 2. The zero-order chi connectivity index (χ0) is 21.5. The van der Waals surface area contributed by atoms with Crippen LogP contribution in [0.1, 0.15) is 50.8 Å². The minimum Gasteiger partial charge on any atom is -0.360 e. The molecule has 0 bridgehead atoms. The highest BCUT2D eigenvalue weighted by atomic mass is 32.2. The lowest BCUT2D eigenvalue weighted by Gasteiger charge is -2.31. The number of carbonyl (C=O) groups excluding carboxylic acids is 2. The summed E-state index contributed by atoms with van der Waals surface area (Å²) in [5.41, 5.74) is 6.44. The van der Waals surface area contributed by atoms with Crippen molar-refractivity contribution in [1.29, 1.82) is 0 Å². The molecular formula is C19H24N4O5S2. The summed E-state index contributed by atoms with van der Waals surface area (Å²) in [5.74, 6) is -1.07. The first kappa shape index (κ1) is 21.0. The number of aromatic nitrogens is 1. The standard InChI is InChI=1S/C19H24N4O5S2/c1-11-17(12(2)28-22-11)30(26,27)23-8-4-6-14(10-23)18(24)20-21-19(25)16-9-13-5-3-7-15(13)29-16/h9,14H,3-8,10H2,1-2H3,(H,20,24)(H,21,25). The number of aryl methyl sites for hydroxylation is 4. The highest BCUT2D eigenvalue weighted by Crippen LogP contribution is 2.30. The molecule has 0 radical (unpaired) electrons. The molecule has 1 aliphatic carbocycles. The van der Waals surface area contributed by atoms with Gasteiger partial charge in [-0.1, -0.05) is 5.16 Å². The predicted octanol–water partition coefficient (Wildman–Crippen LogP) is 1.70. The summed E-state index contributed by atoms with van der Waals surface area (Å²) in [6, 6.07) is 1.88. The molecule has 30 heavy (non-hydrogen) atoms. The second-order valence-electron chi connectivity index (χ2n) is 7.71. The molecule has 2 aliphatic rings. The van der Waals surface area contributed by atoms with Gasteiger partial charge in [-0.05, 0) is 57.6 Å². The Kier molecular flexibility index (Phi) is 5.69. The summed E-state index contributed by atoms with van der Waals surface area (Å²) in [5, 5.41) is 3.72. The van der Waals surface area contributed by atoms with Gasteiger partial charge in [-0.15, -0.1) is 11.3 Å². The molecule has 0 aromatic carbocycles. The Morgan fingerprint density at radius 1 is 1.23 bits per heavy atom. The Morgan fingerprint density at radius 2 is 2.03 bits per heavy atom. The summed E-state index contributed by atoms with van der Waals surface area (Å²) in [4.78, 5) is 26.8. The summed E-state index contributed by atoms with van der Waals surface area (Å²) in [6.07, 6.45) is 4.20. The quantitative estimate of drug-likeness (QED) is 0.681. The van der Waals surface area contributed by atoms with Crippen LogP contribution in [0.15, 0.2) is 15.5 Å². The number of hydrogen-bond acceptors (Lipinski definition) is 7. The van der Waals surface area contributed by atoms with Crippen molar-refractivity contribution in [2.24, 2.45) is 5.92 Å². The Labute approximate surface area is 178 Å². The molecule has 162 valence electrons. The van der Waals surface area contributed by atoms with Gasteiger partial charge in [0.15, 0.2) is 5.76 Å². The lowest BCUT2D eigenvalue weighted by atomic mass is 9.99. The maximum atomic E-state index is 13.0. The molecule has 3 heterocycles. The van der Waals surface area contributed by atoms with Crippen LogP contribution >= 0.6 is 11.3 Å². The first-order valence-corrected chi connectivity index (χ1v) is 12.2. The van der Waals surface area contributed by atoms with Crippen LogP contribution < -0.4 is 10.9 Å². The Morgan fingerprint density at radius 3 is 2.73 bits per heavy atom. The van der Waals surface area contributed by atoms with Gasteiger partial charge in [0.25, 0.3) is 5.91 Å². The highest BCUT2D eigenvalue weighted by molar-refractivity contribution is 7.89. The van der Waals surface area contributed by atoms with E-state index in [2.05, 4.69) is 16.0 Å². The lowest BCUT2D eigenvalue weighted by Crippen LogP contribution is -2.50. The molecule has 9 nitrogen and oxygen atoms in total. The molecular weight excluding hydrogens is 428 g/mol. The van der Waals surface area contributed by atoms with Gasteiger partial charge < -0.3 is 4.52 Å². The van der Waals surface area contributed by atoms with Crippen molar-refractivity contribution in [2.75, 3.05) is 13.1 Å². The molecule has 2 N–H and O–H groups in total. The molecule has 0 spiro atoms. The van der Waals surface area contributed by atoms with Crippen molar-refractivity contribution in [2.45, 2.75) is 50.8 Å². The third-order valence-corrected chi connectivity index (χ3v) is 8.94. The zero-order valence-electron chi connectivity index (χ0n) is 16.9. The van der Waals surface area contributed by atoms with Gasteiger partial charge in [0, 0.05) is 18.0 Å². The second kappa shape index (κ2) is 8.12. The zero-order valence-corrected chi connectivity index (χ0v) is 18.5. The van der Waals surface area contributed by atoms with E-state index in [9.17, 15) is 18.0 Å². The topological polar surface area (TPSA) is 122 Å². The smallest absolute Gasteiger partial charge is 0.279 e. The molecule has 2 aromatic rings. The van der Waals surface area contributed by atoms with E-state index < -0.39 is 21.8 Å². The number of piperidine rings is 1. The molecule has 1 aliphatic heterocycles. The predicted molar refractivity (Wildman–Crippen MR) is 109 cm³/mol. The monoisotopic (exact) mass is 452 g/mol. The maximum Gasteiger partial charge on any atom is 0.279 e. The van der Waals surface area contributed by atoms with Gasteiger partial charge in [0.2, 0.25) is 15.9 Å². The molecule has 1 unspecified atom stereocenters. The van der Waals surface area contributed by atoms with Crippen molar-refractivity contribution in [3.05, 3.63) is 32.8 Å². The molecule has 11 heteroatoms. The molecule has 2 aromatic heterocycles. The fourth-order valence-electron chi connectivity index (χ4n) is 4.07. The van der Waals surface area contributed by atoms with Crippen molar-refractivity contribution in [3.8, 4) is 0 Å². The van der Waals surface area contributed by atoms with E-state index in [4.69, 9.17) is 4.52 Å². The Bertz CT molecular complexity index is 1050. The van der Waals surface area contributed by atoms with E-state index in [-0.39, 0.29) is 23.1 Å². The largest absolute Gasteiger partial charge is 0.360 e. The van der Waals surface area contributed by atoms with Gasteiger partial charge >= 0.3 is 0 Å². The van der Waals surface area contributed by atoms with Gasteiger partial charge in [-0.2, -0.15) is 4.31 Å². The molecule has 1 atom stereocenters. The van der Waals surface area contributed by atoms with Crippen LogP contribution in [0.25, 0.3) is 0 Å². The van der Waals surface area contributed by atoms with Gasteiger partial charge in [-0.3, -0.25) is 20.4 Å². The van der Waals surface area contributed by atoms with Crippen molar-refractivity contribution >= 4 is 33.2 Å². The van der Waals surface area contributed by atoms with Crippen molar-refractivity contribution in [3.63, 3.8) is 0 Å². The SMILES string of the molecule is Cc1noc(C)c1S(=O)(=O)N1CCCC(C(=O)NNC(=O)c2cc3c(s2)CCC3)C1. The van der Waals surface area contributed by atoms with E-state index in [0.717, 1.165) is 19.3 Å². The average Bonchev–Trinajstić information content (AvgIpc) is 3.41. The second-order valence-corrected chi connectivity index (χ2v) is 10.7. The first-order chi connectivity index (χ1) is 14.3. The number of nitrogens with zero attached hydrogens (tertiary/aromatic N) is 2. The summed E-state index contributed by atoms with van der Waals surface area (Å²) >= 11 is 1.46. The third kappa shape index (κ3) is 3.88. The molecule has 2 amide bonds. The summed E-state index contributed by atoms with van der Waals surface area (Å²) in [7, 11) is -3.81. The average molecular weight is 453 g/mol. The number of sulfonamides is 1. The molecule has 4 rings (SSSR count). The normalized spacial score (nSPS) is 19.5. The highest BCUT2D eigenvalue weighted by Gasteiger charge is 2.36. The van der Waals surface area contributed by atoms with E-state index in [0.29, 0.717) is 30.0 Å². The van der Waals surface area contributed by atoms with Gasteiger partial charge in [-0.25, -0.2) is 8.42 Å². The van der Waals surface area contributed by atoms with Crippen LogP contribution in [0, 0.1) is 19.8 Å². The van der Waals surface area contributed by atoms with Gasteiger partial charge in [0.1, 0.15) is 10.6 Å². The van der Waals surface area contributed by atoms with Crippen LogP contribution in [0.4, 0.5) is 0 Å². The van der Waals surface area contributed by atoms with E-state index in [1.165, 1.54) is 26.1 Å². The van der Waals surface area contributed by atoms with Crippen LogP contribution in [-0.2, 0) is 27.7 Å². The van der Waals surface area contributed by atoms with E-state index >= 15 is 0 Å². The van der Waals surface area contributed by atoms with Crippen molar-refractivity contribution in [1.82, 2.24) is 20.3 Å². The molecule has 1 saturated heterocycles. The van der Waals surface area contributed by atoms with Crippen LogP contribution in [-0.4, -0.2) is 42.8 Å². The third-order valence-electron chi connectivity index (χ3n) is 5.59. The molecule has 0 saturated carbocycles. The summed E-state index contributed by atoms with van der Waals surface area (Å²) < 4.78 is 32.3. The minimum absolute atomic E-state index is 0.0431. The van der Waals surface area contributed by atoms with Crippen LogP contribution in [0.2, 0.25) is 0 Å². The number of hydrogen-bond donors (Lipinski definition) is 2. The maximum absolute atomic E-state index is 13.0. The molecule has 1 fully saturated rings. The number of fused-ring (bicyclic) bond motifs is 1. The van der Waals surface area contributed by atoms with Crippen LogP contribution in [0.3, 0.4) is 0 Å². The fourth-order valence-corrected chi connectivity index (χ4v) is 7.03. The fraction of sp³-hybridized carbons (Fsp3) is 0.526. The lowest BCUT2D eigenvalue weighted by molar-refractivity contribution is -0.126. The van der Waals surface area contributed by atoms with Crippen LogP contribution in [0.5, 0.6) is 0 Å².